The van der Waals surface area contributed by atoms with Crippen molar-refractivity contribution in [3.63, 3.8) is 0 Å². The monoisotopic (exact) mass is 489 g/mol. The molecule has 12 heteroatoms. The summed E-state index contributed by atoms with van der Waals surface area (Å²) in [5, 5.41) is 9.55. The summed E-state index contributed by atoms with van der Waals surface area (Å²) in [5.74, 6) is -0.430. The number of alkyl halides is 6. The molecule has 0 spiro atoms. The van der Waals surface area contributed by atoms with Gasteiger partial charge in [-0.05, 0) is 43.3 Å². The highest BCUT2D eigenvalue weighted by Gasteiger charge is 2.71. The van der Waals surface area contributed by atoms with Crippen LogP contribution in [0.4, 0.5) is 26.3 Å². The second-order valence-corrected chi connectivity index (χ2v) is 7.11. The quantitative estimate of drug-likeness (QED) is 0.373. The minimum Gasteiger partial charge on any atom is -0.487 e. The number of aryl methyl sites for hydroxylation is 1. The van der Waals surface area contributed by atoms with Crippen molar-refractivity contribution in [2.75, 3.05) is 7.11 Å². The highest BCUT2D eigenvalue weighted by molar-refractivity contribution is 5.89. The lowest BCUT2D eigenvalue weighted by atomic mass is 9.92. The van der Waals surface area contributed by atoms with Gasteiger partial charge < -0.3 is 19.0 Å². The van der Waals surface area contributed by atoms with E-state index >= 15 is 0 Å². The number of aliphatic hydroxyl groups is 1. The minimum atomic E-state index is -6.01. The number of hydrogen-bond donors (Lipinski definition) is 1. The van der Waals surface area contributed by atoms with E-state index < -0.39 is 29.5 Å². The molecule has 1 N–H and O–H groups in total. The van der Waals surface area contributed by atoms with Gasteiger partial charge >= 0.3 is 18.3 Å². The molecule has 0 saturated carbocycles. The first-order valence-electron chi connectivity index (χ1n) is 9.52. The van der Waals surface area contributed by atoms with Crippen LogP contribution in [-0.4, -0.2) is 35.5 Å². The molecular formula is C22H17F6NO5. The number of hydrogen-bond acceptors (Lipinski definition) is 6. The molecule has 0 aliphatic carbocycles. The Balaban J connectivity index is 1.81. The number of carbonyl (C=O) groups is 1. The number of rotatable bonds is 6. The van der Waals surface area contributed by atoms with E-state index in [0.29, 0.717) is 29.0 Å². The second-order valence-electron chi connectivity index (χ2n) is 7.11. The lowest BCUT2D eigenvalue weighted by molar-refractivity contribution is -0.376. The number of aromatic nitrogens is 1. The molecule has 0 atom stereocenters. The largest absolute Gasteiger partial charge is 0.487 e. The lowest BCUT2D eigenvalue weighted by Gasteiger charge is -2.32. The number of halogens is 6. The molecule has 3 aromatic rings. The summed E-state index contributed by atoms with van der Waals surface area (Å²) in [6.07, 6.45) is -12.0. The molecule has 0 radical (unpaired) electrons. The van der Waals surface area contributed by atoms with Crippen LogP contribution in [0.25, 0.3) is 11.5 Å². The van der Waals surface area contributed by atoms with Gasteiger partial charge in [0, 0.05) is 11.1 Å². The van der Waals surface area contributed by atoms with Gasteiger partial charge in [0.05, 0.1) is 12.7 Å². The van der Waals surface area contributed by atoms with Gasteiger partial charge in [0.1, 0.15) is 23.8 Å². The predicted molar refractivity (Wildman–Crippen MR) is 105 cm³/mol. The summed E-state index contributed by atoms with van der Waals surface area (Å²) in [4.78, 5) is 15.7. The van der Waals surface area contributed by atoms with Gasteiger partial charge in [0.15, 0.2) is 0 Å². The van der Waals surface area contributed by atoms with Crippen molar-refractivity contribution < 1.29 is 50.1 Å². The van der Waals surface area contributed by atoms with E-state index in [0.717, 1.165) is 12.1 Å². The van der Waals surface area contributed by atoms with Gasteiger partial charge in [0.25, 0.3) is 5.60 Å². The summed E-state index contributed by atoms with van der Waals surface area (Å²) in [5.41, 5.74) is -5.46. The van der Waals surface area contributed by atoms with E-state index in [9.17, 15) is 36.2 Å². The van der Waals surface area contributed by atoms with E-state index in [1.54, 1.807) is 19.1 Å². The van der Waals surface area contributed by atoms with E-state index in [2.05, 4.69) is 9.72 Å². The summed E-state index contributed by atoms with van der Waals surface area (Å²) in [6.45, 7) is 1.20. The van der Waals surface area contributed by atoms with Crippen LogP contribution in [0.1, 0.15) is 27.4 Å². The van der Waals surface area contributed by atoms with Gasteiger partial charge in [-0.1, -0.05) is 12.1 Å². The van der Waals surface area contributed by atoms with Crippen LogP contribution in [-0.2, 0) is 16.9 Å². The zero-order chi connectivity index (χ0) is 25.3. The Labute approximate surface area is 188 Å². The van der Waals surface area contributed by atoms with Crippen LogP contribution in [0, 0.1) is 6.92 Å². The number of esters is 1. The van der Waals surface area contributed by atoms with Crippen LogP contribution in [0.3, 0.4) is 0 Å². The number of methoxy groups -OCH3 is 1. The smallest absolute Gasteiger partial charge is 0.430 e. The van der Waals surface area contributed by atoms with E-state index in [-0.39, 0.29) is 23.9 Å². The Hall–Kier alpha value is -3.54. The lowest BCUT2D eigenvalue weighted by Crippen LogP contribution is -2.53. The molecule has 0 bridgehead atoms. The van der Waals surface area contributed by atoms with E-state index in [4.69, 9.17) is 9.15 Å². The fourth-order valence-electron chi connectivity index (χ4n) is 3.00. The second kappa shape index (κ2) is 9.01. The van der Waals surface area contributed by atoms with Gasteiger partial charge in [-0.3, -0.25) is 0 Å². The van der Waals surface area contributed by atoms with Crippen LogP contribution in [0.15, 0.2) is 52.9 Å². The van der Waals surface area contributed by atoms with Gasteiger partial charge in [-0.25, -0.2) is 9.78 Å². The molecule has 0 aliphatic heterocycles. The molecule has 0 saturated heterocycles. The van der Waals surface area contributed by atoms with Crippen LogP contribution in [0.5, 0.6) is 5.75 Å². The fraction of sp³-hybridized carbons (Fsp3) is 0.273. The molecule has 34 heavy (non-hydrogen) atoms. The van der Waals surface area contributed by atoms with Crippen molar-refractivity contribution >= 4 is 5.97 Å². The molecule has 2 aromatic carbocycles. The first-order valence-corrected chi connectivity index (χ1v) is 9.52. The Kier molecular flexibility index (Phi) is 6.65. The van der Waals surface area contributed by atoms with Crippen molar-refractivity contribution in [1.82, 2.24) is 4.98 Å². The van der Waals surface area contributed by atoms with Gasteiger partial charge in [-0.2, -0.15) is 26.3 Å². The number of carbonyl (C=O) groups excluding carboxylic acids is 1. The van der Waals surface area contributed by atoms with Gasteiger partial charge in [0.2, 0.25) is 5.89 Å². The average molecular weight is 489 g/mol. The average Bonchev–Trinajstić information content (AvgIpc) is 3.15. The summed E-state index contributed by atoms with van der Waals surface area (Å²) in [6, 6.07) is 9.10. The normalized spacial score (nSPS) is 12.5. The van der Waals surface area contributed by atoms with Crippen molar-refractivity contribution in [3.05, 3.63) is 71.1 Å². The van der Waals surface area contributed by atoms with Crippen molar-refractivity contribution in [3.8, 4) is 17.2 Å². The Morgan fingerprint density at radius 3 is 2.21 bits per heavy atom. The third-order valence-electron chi connectivity index (χ3n) is 4.89. The summed E-state index contributed by atoms with van der Waals surface area (Å²) < 4.78 is 94.2. The van der Waals surface area contributed by atoms with Crippen LogP contribution in [0.2, 0.25) is 0 Å². The third-order valence-corrected chi connectivity index (χ3v) is 4.89. The molecule has 6 nitrogen and oxygen atoms in total. The maximum absolute atomic E-state index is 13.1. The van der Waals surface area contributed by atoms with Gasteiger partial charge in [-0.15, -0.1) is 0 Å². The SMILES string of the molecule is COC(=O)c1ccc(-c2nc(COc3cccc(C(O)(C(F)(F)F)C(F)(F)F)c3)c(C)o2)cc1. The standard InChI is InChI=1S/C22H17F6NO5/c1-12-17(29-18(34-12)13-6-8-14(9-7-13)19(30)32-2)11-33-16-5-3-4-15(10-16)20(31,21(23,24)25)22(26,27)28/h3-10,31H,11H2,1-2H3. The van der Waals surface area contributed by atoms with Crippen molar-refractivity contribution in [2.45, 2.75) is 31.5 Å². The number of ether oxygens (including phenoxy) is 2. The van der Waals surface area contributed by atoms with Crippen LogP contribution < -0.4 is 4.74 Å². The first kappa shape index (κ1) is 25.1. The Morgan fingerprint density at radius 1 is 1.03 bits per heavy atom. The Morgan fingerprint density at radius 2 is 1.65 bits per heavy atom. The summed E-state index contributed by atoms with van der Waals surface area (Å²) in [7, 11) is 1.24. The highest BCUT2D eigenvalue weighted by Crippen LogP contribution is 2.50. The zero-order valence-corrected chi connectivity index (χ0v) is 17.6. The number of oxazole rings is 1. The summed E-state index contributed by atoms with van der Waals surface area (Å²) >= 11 is 0. The molecule has 182 valence electrons. The van der Waals surface area contributed by atoms with E-state index in [1.165, 1.54) is 19.2 Å². The Bertz CT molecular complexity index is 1150. The van der Waals surface area contributed by atoms with Crippen molar-refractivity contribution in [2.24, 2.45) is 0 Å². The molecule has 0 unspecified atom stereocenters. The molecule has 0 fully saturated rings. The van der Waals surface area contributed by atoms with Crippen molar-refractivity contribution in [1.29, 1.82) is 0 Å². The fourth-order valence-corrected chi connectivity index (χ4v) is 3.00. The highest BCUT2D eigenvalue weighted by atomic mass is 19.4. The molecule has 0 aliphatic rings. The molecule has 3 rings (SSSR count). The molecule has 0 amide bonds. The van der Waals surface area contributed by atoms with Crippen LogP contribution >= 0.6 is 0 Å². The predicted octanol–water partition coefficient (Wildman–Crippen LogP) is 5.33. The minimum absolute atomic E-state index is 0.157. The first-order chi connectivity index (χ1) is 15.8. The number of benzene rings is 2. The van der Waals surface area contributed by atoms with E-state index in [1.807, 2.05) is 0 Å². The topological polar surface area (TPSA) is 81.8 Å². The number of nitrogens with zero attached hydrogens (tertiary/aromatic N) is 1. The zero-order valence-electron chi connectivity index (χ0n) is 17.6. The maximum atomic E-state index is 13.1. The molecular weight excluding hydrogens is 472 g/mol. The third kappa shape index (κ3) is 4.72. The molecule has 1 heterocycles. The molecule has 1 aromatic heterocycles. The maximum Gasteiger partial charge on any atom is 0.430 e.